The van der Waals surface area contributed by atoms with Crippen molar-refractivity contribution in [3.63, 3.8) is 0 Å². The molecule has 126 valence electrons. The largest absolute Gasteiger partial charge is 0.465 e. The lowest BCUT2D eigenvalue weighted by Gasteiger charge is -2.24. The predicted molar refractivity (Wildman–Crippen MR) is 94.3 cm³/mol. The van der Waals surface area contributed by atoms with Gasteiger partial charge < -0.3 is 10.1 Å². The molecule has 1 saturated carbocycles. The van der Waals surface area contributed by atoms with Gasteiger partial charge in [0.1, 0.15) is 0 Å². The lowest BCUT2D eigenvalue weighted by molar-refractivity contribution is 0.0600. The minimum atomic E-state index is -0.435. The Hall–Kier alpha value is -2.14. The van der Waals surface area contributed by atoms with Crippen molar-refractivity contribution in [2.24, 2.45) is 5.92 Å². The molecule has 1 fully saturated rings. The van der Waals surface area contributed by atoms with E-state index in [2.05, 4.69) is 11.4 Å². The number of amides is 1. The molecule has 0 bridgehead atoms. The van der Waals surface area contributed by atoms with Gasteiger partial charge in [-0.3, -0.25) is 4.79 Å². The zero-order valence-electron chi connectivity index (χ0n) is 13.7. The summed E-state index contributed by atoms with van der Waals surface area (Å²) in [7, 11) is 1.34. The summed E-state index contributed by atoms with van der Waals surface area (Å²) in [5.74, 6) is -0.0994. The van der Waals surface area contributed by atoms with Gasteiger partial charge >= 0.3 is 5.97 Å². The van der Waals surface area contributed by atoms with Crippen molar-refractivity contribution >= 4 is 23.2 Å². The first-order valence-electron chi connectivity index (χ1n) is 8.21. The first-order chi connectivity index (χ1) is 11.7. The lowest BCUT2D eigenvalue weighted by atomic mass is 9.96. The first-order valence-corrected chi connectivity index (χ1v) is 9.09. The van der Waals surface area contributed by atoms with E-state index in [0.29, 0.717) is 17.0 Å². The molecule has 0 aliphatic heterocycles. The summed E-state index contributed by atoms with van der Waals surface area (Å²) in [6.07, 6.45) is 4.73. The number of methoxy groups -OCH3 is 1. The molecule has 0 radical (unpaired) electrons. The molecule has 1 amide bonds. The van der Waals surface area contributed by atoms with Crippen LogP contribution in [-0.2, 0) is 4.74 Å². The number of ether oxygens (including phenoxy) is 1. The highest BCUT2D eigenvalue weighted by Crippen LogP contribution is 2.37. The van der Waals surface area contributed by atoms with Crippen LogP contribution in [0.15, 0.2) is 41.8 Å². The molecular weight excluding hydrogens is 322 g/mol. The molecule has 1 atom stereocenters. The van der Waals surface area contributed by atoms with Crippen LogP contribution in [0.25, 0.3) is 0 Å². The minimum Gasteiger partial charge on any atom is -0.465 e. The van der Waals surface area contributed by atoms with Gasteiger partial charge in [-0.1, -0.05) is 25.0 Å². The molecule has 4 nitrogen and oxygen atoms in total. The van der Waals surface area contributed by atoms with Crippen molar-refractivity contribution in [3.8, 4) is 0 Å². The lowest BCUT2D eigenvalue weighted by Crippen LogP contribution is -2.32. The summed E-state index contributed by atoms with van der Waals surface area (Å²) in [4.78, 5) is 25.6. The summed E-state index contributed by atoms with van der Waals surface area (Å²) in [5.41, 5.74) is 0.871. The molecule has 5 heteroatoms. The summed E-state index contributed by atoms with van der Waals surface area (Å²) in [6.45, 7) is 0. The second-order valence-corrected chi connectivity index (χ2v) is 7.06. The maximum atomic E-state index is 12.7. The van der Waals surface area contributed by atoms with Crippen LogP contribution in [0, 0.1) is 5.92 Å². The van der Waals surface area contributed by atoms with Gasteiger partial charge in [0, 0.05) is 10.4 Å². The molecule has 1 aromatic heterocycles. The minimum absolute atomic E-state index is 0.0433. The van der Waals surface area contributed by atoms with Crippen LogP contribution >= 0.6 is 11.3 Å². The van der Waals surface area contributed by atoms with Crippen LogP contribution in [0.3, 0.4) is 0 Å². The molecule has 3 rings (SSSR count). The summed E-state index contributed by atoms with van der Waals surface area (Å²) >= 11 is 1.68. The third kappa shape index (κ3) is 3.67. The van der Waals surface area contributed by atoms with Crippen molar-refractivity contribution in [3.05, 3.63) is 57.8 Å². The maximum absolute atomic E-state index is 12.7. The van der Waals surface area contributed by atoms with Gasteiger partial charge in [-0.25, -0.2) is 4.79 Å². The van der Waals surface area contributed by atoms with Crippen molar-refractivity contribution in [2.75, 3.05) is 7.11 Å². The molecule has 1 unspecified atom stereocenters. The highest BCUT2D eigenvalue weighted by Gasteiger charge is 2.28. The number of thiophene rings is 1. The average Bonchev–Trinajstić information content (AvgIpc) is 3.32. The Balaban J connectivity index is 1.79. The Morgan fingerprint density at radius 2 is 1.92 bits per heavy atom. The average molecular weight is 343 g/mol. The van der Waals surface area contributed by atoms with Gasteiger partial charge in [0.15, 0.2) is 0 Å². The van der Waals surface area contributed by atoms with Crippen LogP contribution in [0.2, 0.25) is 0 Å². The Bertz CT molecular complexity index is 705. The Morgan fingerprint density at radius 1 is 1.17 bits per heavy atom. The smallest absolute Gasteiger partial charge is 0.337 e. The number of esters is 1. The van der Waals surface area contributed by atoms with Gasteiger partial charge in [0.25, 0.3) is 5.91 Å². The van der Waals surface area contributed by atoms with Crippen LogP contribution in [0.4, 0.5) is 0 Å². The second-order valence-electron chi connectivity index (χ2n) is 6.08. The molecular formula is C19H21NO3S. The number of rotatable bonds is 5. The van der Waals surface area contributed by atoms with Gasteiger partial charge in [0.2, 0.25) is 0 Å². The van der Waals surface area contributed by atoms with Gasteiger partial charge in [-0.2, -0.15) is 0 Å². The molecule has 1 N–H and O–H groups in total. The third-order valence-electron chi connectivity index (χ3n) is 4.55. The van der Waals surface area contributed by atoms with E-state index >= 15 is 0 Å². The number of carbonyl (C=O) groups is 2. The van der Waals surface area contributed by atoms with Crippen LogP contribution in [-0.4, -0.2) is 19.0 Å². The number of benzene rings is 1. The predicted octanol–water partition coefficient (Wildman–Crippen LogP) is 4.20. The van der Waals surface area contributed by atoms with Gasteiger partial charge in [0.05, 0.1) is 18.7 Å². The number of hydrogen-bond donors (Lipinski definition) is 1. The second kappa shape index (κ2) is 7.62. The molecule has 1 aromatic carbocycles. The topological polar surface area (TPSA) is 55.4 Å². The fraction of sp³-hybridized carbons (Fsp3) is 0.368. The van der Waals surface area contributed by atoms with E-state index < -0.39 is 5.97 Å². The van der Waals surface area contributed by atoms with E-state index in [9.17, 15) is 9.59 Å². The highest BCUT2D eigenvalue weighted by molar-refractivity contribution is 7.10. The Kier molecular flexibility index (Phi) is 5.30. The number of carbonyl (C=O) groups excluding carboxylic acids is 2. The van der Waals surface area contributed by atoms with E-state index in [0.717, 1.165) is 12.8 Å². The summed E-state index contributed by atoms with van der Waals surface area (Å²) < 4.78 is 4.72. The van der Waals surface area contributed by atoms with Crippen molar-refractivity contribution in [1.82, 2.24) is 5.32 Å². The number of nitrogens with one attached hydrogen (secondary N) is 1. The molecule has 1 aliphatic carbocycles. The third-order valence-corrected chi connectivity index (χ3v) is 5.51. The van der Waals surface area contributed by atoms with Crippen molar-refractivity contribution < 1.29 is 14.3 Å². The fourth-order valence-electron chi connectivity index (χ4n) is 3.31. The summed E-state index contributed by atoms with van der Waals surface area (Å²) in [6, 6.07) is 10.8. The van der Waals surface area contributed by atoms with E-state index in [1.807, 2.05) is 11.4 Å². The zero-order valence-corrected chi connectivity index (χ0v) is 14.5. The number of hydrogen-bond acceptors (Lipinski definition) is 4. The monoisotopic (exact) mass is 343 g/mol. The maximum Gasteiger partial charge on any atom is 0.337 e. The van der Waals surface area contributed by atoms with Gasteiger partial charge in [-0.05, 0) is 48.4 Å². The van der Waals surface area contributed by atoms with Crippen LogP contribution in [0.1, 0.15) is 57.3 Å². The summed E-state index contributed by atoms with van der Waals surface area (Å²) in [5, 5.41) is 5.22. The molecule has 1 heterocycles. The highest BCUT2D eigenvalue weighted by atomic mass is 32.1. The van der Waals surface area contributed by atoms with E-state index in [1.54, 1.807) is 35.6 Å². The quantitative estimate of drug-likeness (QED) is 0.828. The first kappa shape index (κ1) is 16.7. The SMILES string of the molecule is COC(=O)c1cccc(C(=O)NC(c2cccs2)C2CCCC2)c1. The zero-order chi connectivity index (χ0) is 16.9. The molecule has 24 heavy (non-hydrogen) atoms. The van der Waals surface area contributed by atoms with E-state index in [-0.39, 0.29) is 11.9 Å². The van der Waals surface area contributed by atoms with Crippen molar-refractivity contribution in [2.45, 2.75) is 31.7 Å². The Labute approximate surface area is 145 Å². The van der Waals surface area contributed by atoms with Crippen LogP contribution < -0.4 is 5.32 Å². The molecule has 0 saturated heterocycles. The molecule has 0 spiro atoms. The van der Waals surface area contributed by atoms with E-state index in [4.69, 9.17) is 4.74 Å². The van der Waals surface area contributed by atoms with Crippen molar-refractivity contribution in [1.29, 1.82) is 0 Å². The Morgan fingerprint density at radius 3 is 2.58 bits per heavy atom. The standard InChI is InChI=1S/C19H21NO3S/c1-23-19(22)15-9-4-8-14(12-15)18(21)20-17(13-6-2-3-7-13)16-10-5-11-24-16/h4-5,8-13,17H,2-3,6-7H2,1H3,(H,20,21). The normalized spacial score (nSPS) is 15.9. The molecule has 2 aromatic rings. The molecule has 1 aliphatic rings. The van der Waals surface area contributed by atoms with E-state index in [1.165, 1.54) is 24.8 Å². The van der Waals surface area contributed by atoms with Gasteiger partial charge in [-0.15, -0.1) is 11.3 Å². The fourth-order valence-corrected chi connectivity index (χ4v) is 4.18. The van der Waals surface area contributed by atoms with Crippen LogP contribution in [0.5, 0.6) is 0 Å².